The third-order valence-corrected chi connectivity index (χ3v) is 3.77. The number of hydrogen-bond donors (Lipinski definition) is 0. The molecule has 102 valence electrons. The van der Waals surface area contributed by atoms with Crippen molar-refractivity contribution in [2.45, 2.75) is 32.9 Å². The van der Waals surface area contributed by atoms with Crippen LogP contribution in [0.2, 0.25) is 0 Å². The third-order valence-electron chi connectivity index (χ3n) is 3.77. The van der Waals surface area contributed by atoms with E-state index in [-0.39, 0.29) is 5.54 Å². The molecule has 1 aliphatic rings. The standard InChI is InChI=1S/C15H22N4/c1-13-5-4-6-14(17-13)11-18-7-9-19(10-8-18)15(2,3)12-16/h4-6H,7-11H2,1-3H3. The molecule has 1 aromatic rings. The summed E-state index contributed by atoms with van der Waals surface area (Å²) < 4.78 is 0. The molecule has 0 saturated carbocycles. The second-order valence-corrected chi connectivity index (χ2v) is 5.70. The van der Waals surface area contributed by atoms with Gasteiger partial charge in [-0.25, -0.2) is 0 Å². The molecule has 0 aliphatic carbocycles. The monoisotopic (exact) mass is 258 g/mol. The molecule has 0 unspecified atom stereocenters. The van der Waals surface area contributed by atoms with Crippen LogP contribution in [-0.4, -0.2) is 46.5 Å². The van der Waals surface area contributed by atoms with Crippen molar-refractivity contribution in [2.24, 2.45) is 0 Å². The Labute approximate surface area is 115 Å². The van der Waals surface area contributed by atoms with Crippen LogP contribution in [0, 0.1) is 18.3 Å². The molecule has 0 aromatic carbocycles. The smallest absolute Gasteiger partial charge is 0.103 e. The highest BCUT2D eigenvalue weighted by molar-refractivity contribution is 5.10. The predicted octanol–water partition coefficient (Wildman–Crippen LogP) is 1.81. The molecule has 1 fully saturated rings. The van der Waals surface area contributed by atoms with Crippen molar-refractivity contribution in [1.29, 1.82) is 5.26 Å². The van der Waals surface area contributed by atoms with Crippen molar-refractivity contribution in [3.05, 3.63) is 29.6 Å². The molecule has 4 nitrogen and oxygen atoms in total. The normalized spacial score (nSPS) is 18.2. The van der Waals surface area contributed by atoms with Crippen molar-refractivity contribution in [1.82, 2.24) is 14.8 Å². The van der Waals surface area contributed by atoms with Gasteiger partial charge in [0.15, 0.2) is 0 Å². The Kier molecular flexibility index (Phi) is 4.18. The van der Waals surface area contributed by atoms with E-state index in [1.165, 1.54) is 0 Å². The third kappa shape index (κ3) is 3.52. The van der Waals surface area contributed by atoms with E-state index >= 15 is 0 Å². The van der Waals surface area contributed by atoms with E-state index in [2.05, 4.69) is 33.0 Å². The van der Waals surface area contributed by atoms with Gasteiger partial charge in [0.25, 0.3) is 0 Å². The minimum absolute atomic E-state index is 0.353. The molecular weight excluding hydrogens is 236 g/mol. The Hall–Kier alpha value is -1.44. The number of rotatable bonds is 3. The summed E-state index contributed by atoms with van der Waals surface area (Å²) in [6.07, 6.45) is 0. The molecule has 0 atom stereocenters. The molecule has 0 bridgehead atoms. The van der Waals surface area contributed by atoms with Crippen LogP contribution in [0.3, 0.4) is 0 Å². The lowest BCUT2D eigenvalue weighted by atomic mass is 10.0. The lowest BCUT2D eigenvalue weighted by Gasteiger charge is -2.40. The molecule has 1 saturated heterocycles. The van der Waals surface area contributed by atoms with Crippen LogP contribution in [0.4, 0.5) is 0 Å². The molecule has 2 heterocycles. The van der Waals surface area contributed by atoms with Crippen LogP contribution in [0.25, 0.3) is 0 Å². The molecule has 4 heteroatoms. The Morgan fingerprint density at radius 1 is 1.26 bits per heavy atom. The van der Waals surface area contributed by atoms with Crippen LogP contribution in [-0.2, 0) is 6.54 Å². The number of nitrogens with zero attached hydrogens (tertiary/aromatic N) is 4. The van der Waals surface area contributed by atoms with Gasteiger partial charge in [-0.05, 0) is 32.9 Å². The number of piperazine rings is 1. The fourth-order valence-corrected chi connectivity index (χ4v) is 2.45. The van der Waals surface area contributed by atoms with Gasteiger partial charge in [0, 0.05) is 38.4 Å². The zero-order valence-corrected chi connectivity index (χ0v) is 12.1. The largest absolute Gasteiger partial charge is 0.295 e. The summed E-state index contributed by atoms with van der Waals surface area (Å²) in [7, 11) is 0. The maximum atomic E-state index is 9.16. The lowest BCUT2D eigenvalue weighted by Crippen LogP contribution is -2.53. The average molecular weight is 258 g/mol. The van der Waals surface area contributed by atoms with Gasteiger partial charge in [0.05, 0.1) is 11.8 Å². The van der Waals surface area contributed by atoms with Gasteiger partial charge in [-0.15, -0.1) is 0 Å². The number of hydrogen-bond acceptors (Lipinski definition) is 4. The summed E-state index contributed by atoms with van der Waals surface area (Å²) in [5, 5.41) is 9.16. The summed E-state index contributed by atoms with van der Waals surface area (Å²) >= 11 is 0. The van der Waals surface area contributed by atoms with E-state index in [0.29, 0.717) is 0 Å². The van der Waals surface area contributed by atoms with Crippen molar-refractivity contribution >= 4 is 0 Å². The first-order valence-corrected chi connectivity index (χ1v) is 6.82. The van der Waals surface area contributed by atoms with E-state index in [1.807, 2.05) is 26.8 Å². The maximum absolute atomic E-state index is 9.16. The molecule has 1 aromatic heterocycles. The zero-order chi connectivity index (χ0) is 13.9. The summed E-state index contributed by atoms with van der Waals surface area (Å²) in [5.74, 6) is 0. The van der Waals surface area contributed by atoms with Crippen molar-refractivity contribution in [3.8, 4) is 6.07 Å². The summed E-state index contributed by atoms with van der Waals surface area (Å²) in [6, 6.07) is 8.55. The minimum atomic E-state index is -0.353. The SMILES string of the molecule is Cc1cccc(CN2CCN(C(C)(C)C#N)CC2)n1. The number of aromatic nitrogens is 1. The van der Waals surface area contributed by atoms with Crippen LogP contribution >= 0.6 is 0 Å². The molecular formula is C15H22N4. The molecule has 0 amide bonds. The quantitative estimate of drug-likeness (QED) is 0.829. The molecule has 0 radical (unpaired) electrons. The predicted molar refractivity (Wildman–Crippen MR) is 75.5 cm³/mol. The summed E-state index contributed by atoms with van der Waals surface area (Å²) in [4.78, 5) is 9.21. The Morgan fingerprint density at radius 2 is 1.95 bits per heavy atom. The molecule has 19 heavy (non-hydrogen) atoms. The average Bonchev–Trinajstić information content (AvgIpc) is 2.39. The molecule has 0 spiro atoms. The van der Waals surface area contributed by atoms with Crippen molar-refractivity contribution < 1.29 is 0 Å². The highest BCUT2D eigenvalue weighted by Crippen LogP contribution is 2.16. The van der Waals surface area contributed by atoms with Crippen LogP contribution < -0.4 is 0 Å². The first-order chi connectivity index (χ1) is 9.01. The first-order valence-electron chi connectivity index (χ1n) is 6.82. The topological polar surface area (TPSA) is 43.2 Å². The van der Waals surface area contributed by atoms with E-state index in [9.17, 15) is 0 Å². The first kappa shape index (κ1) is 14.0. The summed E-state index contributed by atoms with van der Waals surface area (Å²) in [6.45, 7) is 10.8. The van der Waals surface area contributed by atoms with Crippen LogP contribution in [0.15, 0.2) is 18.2 Å². The highest BCUT2D eigenvalue weighted by Gasteiger charge is 2.29. The van der Waals surface area contributed by atoms with Gasteiger partial charge in [0.2, 0.25) is 0 Å². The van der Waals surface area contributed by atoms with Gasteiger partial charge in [-0.2, -0.15) is 5.26 Å². The number of pyridine rings is 1. The Bertz CT molecular complexity index is 467. The molecule has 1 aliphatic heterocycles. The van der Waals surface area contributed by atoms with Crippen molar-refractivity contribution in [2.75, 3.05) is 26.2 Å². The second kappa shape index (κ2) is 5.68. The minimum Gasteiger partial charge on any atom is -0.295 e. The highest BCUT2D eigenvalue weighted by atomic mass is 15.3. The second-order valence-electron chi connectivity index (χ2n) is 5.70. The Balaban J connectivity index is 1.89. The number of aryl methyl sites for hydroxylation is 1. The fraction of sp³-hybridized carbons (Fsp3) is 0.600. The van der Waals surface area contributed by atoms with E-state index in [1.54, 1.807) is 0 Å². The van der Waals surface area contributed by atoms with Crippen LogP contribution in [0.5, 0.6) is 0 Å². The van der Waals surface area contributed by atoms with Gasteiger partial charge < -0.3 is 0 Å². The van der Waals surface area contributed by atoms with E-state index in [4.69, 9.17) is 5.26 Å². The number of nitriles is 1. The van der Waals surface area contributed by atoms with Gasteiger partial charge in [0.1, 0.15) is 5.54 Å². The van der Waals surface area contributed by atoms with Gasteiger partial charge >= 0.3 is 0 Å². The fourth-order valence-electron chi connectivity index (χ4n) is 2.45. The maximum Gasteiger partial charge on any atom is 0.103 e. The Morgan fingerprint density at radius 3 is 2.53 bits per heavy atom. The van der Waals surface area contributed by atoms with Crippen LogP contribution in [0.1, 0.15) is 25.2 Å². The van der Waals surface area contributed by atoms with Gasteiger partial charge in [-0.3, -0.25) is 14.8 Å². The lowest BCUT2D eigenvalue weighted by molar-refractivity contribution is 0.0757. The van der Waals surface area contributed by atoms with Gasteiger partial charge in [-0.1, -0.05) is 6.07 Å². The summed E-state index contributed by atoms with van der Waals surface area (Å²) in [5.41, 5.74) is 1.85. The molecule has 0 N–H and O–H groups in total. The van der Waals surface area contributed by atoms with E-state index < -0.39 is 0 Å². The van der Waals surface area contributed by atoms with E-state index in [0.717, 1.165) is 44.1 Å². The molecule has 2 rings (SSSR count). The van der Waals surface area contributed by atoms with Crippen molar-refractivity contribution in [3.63, 3.8) is 0 Å². The zero-order valence-electron chi connectivity index (χ0n) is 12.1.